The molecule has 3 aromatic rings. The Morgan fingerprint density at radius 3 is 2.97 bits per heavy atom. The Labute approximate surface area is 176 Å². The average Bonchev–Trinajstić information content (AvgIpc) is 3.10. The lowest BCUT2D eigenvalue weighted by Gasteiger charge is -2.22. The van der Waals surface area contributed by atoms with Crippen molar-refractivity contribution in [3.63, 3.8) is 0 Å². The maximum absolute atomic E-state index is 9.28. The smallest absolute Gasteiger partial charge is 0.234 e. The Kier molecular flexibility index (Phi) is 6.68. The number of ether oxygens (including phenoxy) is 1. The zero-order valence-electron chi connectivity index (χ0n) is 16.7. The molecular formula is C21H25ClN6O. The summed E-state index contributed by atoms with van der Waals surface area (Å²) in [4.78, 5) is 13.2. The van der Waals surface area contributed by atoms with Gasteiger partial charge in [-0.1, -0.05) is 0 Å². The van der Waals surface area contributed by atoms with E-state index in [2.05, 4.69) is 20.3 Å². The first-order valence-corrected chi connectivity index (χ1v) is 9.69. The number of pyridine rings is 1. The van der Waals surface area contributed by atoms with Crippen molar-refractivity contribution in [3.8, 4) is 23.2 Å². The summed E-state index contributed by atoms with van der Waals surface area (Å²) in [7, 11) is 1.91. The highest BCUT2D eigenvalue weighted by Gasteiger charge is 2.15. The minimum Gasteiger partial charge on any atom is -0.477 e. The van der Waals surface area contributed by atoms with Gasteiger partial charge in [-0.05, 0) is 57.3 Å². The van der Waals surface area contributed by atoms with Crippen molar-refractivity contribution < 1.29 is 4.74 Å². The molecule has 1 aliphatic heterocycles. The zero-order valence-corrected chi connectivity index (χ0v) is 17.5. The van der Waals surface area contributed by atoms with Crippen LogP contribution in [0.2, 0.25) is 0 Å². The fourth-order valence-electron chi connectivity index (χ4n) is 3.74. The van der Waals surface area contributed by atoms with E-state index >= 15 is 0 Å². The molecule has 1 fully saturated rings. The van der Waals surface area contributed by atoms with E-state index in [1.807, 2.05) is 42.9 Å². The van der Waals surface area contributed by atoms with Crippen LogP contribution in [0.3, 0.4) is 0 Å². The van der Waals surface area contributed by atoms with Gasteiger partial charge in [-0.2, -0.15) is 5.26 Å². The van der Waals surface area contributed by atoms with Gasteiger partial charge < -0.3 is 14.6 Å². The van der Waals surface area contributed by atoms with E-state index in [1.54, 1.807) is 6.20 Å². The molecule has 0 radical (unpaired) electrons. The number of hydrogen-bond donors (Lipinski definition) is 1. The van der Waals surface area contributed by atoms with Gasteiger partial charge in [-0.25, -0.2) is 15.0 Å². The summed E-state index contributed by atoms with van der Waals surface area (Å²) in [5.41, 5.74) is 3.27. The van der Waals surface area contributed by atoms with Crippen LogP contribution in [0.25, 0.3) is 22.3 Å². The van der Waals surface area contributed by atoms with Crippen LogP contribution < -0.4 is 10.1 Å². The summed E-state index contributed by atoms with van der Waals surface area (Å²) >= 11 is 0. The number of aryl methyl sites for hydroxylation is 2. The number of aromatic nitrogens is 4. The van der Waals surface area contributed by atoms with E-state index in [9.17, 15) is 5.26 Å². The van der Waals surface area contributed by atoms with E-state index in [-0.39, 0.29) is 18.2 Å². The number of hydrogen-bond acceptors (Lipinski definition) is 6. The van der Waals surface area contributed by atoms with Crippen LogP contribution in [0, 0.1) is 24.2 Å². The van der Waals surface area contributed by atoms with Crippen LogP contribution in [0.4, 0.5) is 0 Å². The van der Waals surface area contributed by atoms with E-state index in [1.165, 1.54) is 12.8 Å². The van der Waals surface area contributed by atoms with Crippen molar-refractivity contribution in [2.24, 2.45) is 13.0 Å². The number of nitriles is 1. The number of nitrogens with zero attached hydrogens (tertiary/aromatic N) is 5. The van der Waals surface area contributed by atoms with E-state index in [0.717, 1.165) is 47.4 Å². The molecule has 4 heterocycles. The van der Waals surface area contributed by atoms with Crippen LogP contribution in [0.1, 0.15) is 30.7 Å². The Balaban J connectivity index is 0.00000240. The minimum atomic E-state index is 0. The van der Waals surface area contributed by atoms with Crippen LogP contribution in [-0.4, -0.2) is 39.2 Å². The molecule has 8 heteroatoms. The fourth-order valence-corrected chi connectivity index (χ4v) is 3.74. The number of nitrogens with one attached hydrogen (secondary N) is 1. The molecule has 0 bridgehead atoms. The molecule has 4 rings (SSSR count). The second-order valence-electron chi connectivity index (χ2n) is 7.37. The standard InChI is InChI=1S/C21H24N6O.ClH/c1-14-10-16(13-24-21(14)28-9-6-15-4-3-7-23-12-15)19-17-5-8-27(2)20(17)26-18(11-22)25-19;/h5,8,10,13,15,23H,3-4,6-7,9,12H2,1-2H3;1H. The molecule has 1 aliphatic rings. The number of fused-ring (bicyclic) bond motifs is 1. The Hall–Kier alpha value is -2.69. The summed E-state index contributed by atoms with van der Waals surface area (Å²) < 4.78 is 7.83. The van der Waals surface area contributed by atoms with E-state index in [4.69, 9.17) is 4.74 Å². The third kappa shape index (κ3) is 4.50. The van der Waals surface area contributed by atoms with Crippen LogP contribution in [0.15, 0.2) is 24.5 Å². The maximum Gasteiger partial charge on any atom is 0.234 e. The van der Waals surface area contributed by atoms with Crippen molar-refractivity contribution >= 4 is 23.4 Å². The number of piperidine rings is 1. The molecule has 152 valence electrons. The first kappa shape index (κ1) is 21.0. The molecule has 0 saturated carbocycles. The maximum atomic E-state index is 9.28. The Morgan fingerprint density at radius 2 is 2.24 bits per heavy atom. The number of halogens is 1. The lowest BCUT2D eigenvalue weighted by molar-refractivity contribution is 0.246. The molecule has 1 unspecified atom stereocenters. The third-order valence-electron chi connectivity index (χ3n) is 5.29. The summed E-state index contributed by atoms with van der Waals surface area (Å²) in [5.74, 6) is 1.50. The quantitative estimate of drug-likeness (QED) is 0.690. The second-order valence-corrected chi connectivity index (χ2v) is 7.37. The molecule has 0 aromatic carbocycles. The summed E-state index contributed by atoms with van der Waals surface area (Å²) in [6.07, 6.45) is 7.23. The van der Waals surface area contributed by atoms with Gasteiger partial charge >= 0.3 is 0 Å². The molecular weight excluding hydrogens is 388 g/mol. The first-order chi connectivity index (χ1) is 13.7. The SMILES string of the molecule is Cc1cc(-c2nc(C#N)nc3c2ccn3C)cnc1OCCC1CCCNC1.Cl. The fraction of sp³-hybridized carbons (Fsp3) is 0.429. The predicted molar refractivity (Wildman–Crippen MR) is 114 cm³/mol. The molecule has 0 amide bonds. The average molecular weight is 413 g/mol. The van der Waals surface area contributed by atoms with Crippen molar-refractivity contribution in [1.82, 2.24) is 24.8 Å². The van der Waals surface area contributed by atoms with E-state index in [0.29, 0.717) is 18.4 Å². The Bertz CT molecular complexity index is 1040. The highest BCUT2D eigenvalue weighted by molar-refractivity contribution is 5.91. The third-order valence-corrected chi connectivity index (χ3v) is 5.29. The molecule has 0 aliphatic carbocycles. The van der Waals surface area contributed by atoms with E-state index < -0.39 is 0 Å². The van der Waals surface area contributed by atoms with Gasteiger partial charge in [-0.3, -0.25) is 0 Å². The van der Waals surface area contributed by atoms with Crippen LogP contribution in [-0.2, 0) is 7.05 Å². The summed E-state index contributed by atoms with van der Waals surface area (Å²) in [6, 6.07) is 6.02. The molecule has 3 aromatic heterocycles. The highest BCUT2D eigenvalue weighted by Crippen LogP contribution is 2.29. The van der Waals surface area contributed by atoms with Crippen molar-refractivity contribution in [3.05, 3.63) is 35.9 Å². The van der Waals surface area contributed by atoms with Crippen molar-refractivity contribution in [1.29, 1.82) is 5.26 Å². The van der Waals surface area contributed by atoms with Crippen molar-refractivity contribution in [2.75, 3.05) is 19.7 Å². The van der Waals surface area contributed by atoms with Crippen LogP contribution >= 0.6 is 12.4 Å². The van der Waals surface area contributed by atoms with Gasteiger partial charge in [0, 0.05) is 36.0 Å². The predicted octanol–water partition coefficient (Wildman–Crippen LogP) is 3.40. The monoisotopic (exact) mass is 412 g/mol. The lowest BCUT2D eigenvalue weighted by atomic mass is 9.97. The first-order valence-electron chi connectivity index (χ1n) is 9.69. The largest absolute Gasteiger partial charge is 0.477 e. The van der Waals surface area contributed by atoms with Gasteiger partial charge in [0.05, 0.1) is 12.3 Å². The molecule has 0 spiro atoms. The van der Waals surface area contributed by atoms with Gasteiger partial charge in [0.1, 0.15) is 11.7 Å². The number of rotatable bonds is 5. The molecule has 1 N–H and O–H groups in total. The molecule has 1 saturated heterocycles. The Morgan fingerprint density at radius 1 is 1.38 bits per heavy atom. The summed E-state index contributed by atoms with van der Waals surface area (Å²) in [6.45, 7) is 4.87. The lowest BCUT2D eigenvalue weighted by Crippen LogP contribution is -2.30. The highest BCUT2D eigenvalue weighted by atomic mass is 35.5. The van der Waals surface area contributed by atoms with Crippen molar-refractivity contribution in [2.45, 2.75) is 26.2 Å². The molecule has 1 atom stereocenters. The summed E-state index contributed by atoms with van der Waals surface area (Å²) in [5, 5.41) is 13.6. The molecule has 29 heavy (non-hydrogen) atoms. The van der Waals surface area contributed by atoms with Gasteiger partial charge in [0.15, 0.2) is 0 Å². The normalized spacial score (nSPS) is 16.2. The second kappa shape index (κ2) is 9.21. The topological polar surface area (TPSA) is 88.7 Å². The van der Waals surface area contributed by atoms with Gasteiger partial charge in [0.25, 0.3) is 0 Å². The molecule has 7 nitrogen and oxygen atoms in total. The minimum absolute atomic E-state index is 0. The zero-order chi connectivity index (χ0) is 19.5. The van der Waals surface area contributed by atoms with Gasteiger partial charge in [0.2, 0.25) is 11.7 Å². The van der Waals surface area contributed by atoms with Gasteiger partial charge in [-0.15, -0.1) is 12.4 Å². The van der Waals surface area contributed by atoms with Crippen LogP contribution in [0.5, 0.6) is 5.88 Å².